The zero-order valence-corrected chi connectivity index (χ0v) is 11.8. The summed E-state index contributed by atoms with van der Waals surface area (Å²) in [6, 6.07) is 15.3. The summed E-state index contributed by atoms with van der Waals surface area (Å²) >= 11 is 0. The third kappa shape index (κ3) is 3.47. The molecule has 1 unspecified atom stereocenters. The van der Waals surface area contributed by atoms with Crippen LogP contribution in [-0.2, 0) is 0 Å². The van der Waals surface area contributed by atoms with Gasteiger partial charge in [-0.2, -0.15) is 0 Å². The van der Waals surface area contributed by atoms with Crippen LogP contribution < -0.4 is 19.9 Å². The van der Waals surface area contributed by atoms with Crippen LogP contribution in [0.3, 0.4) is 0 Å². The van der Waals surface area contributed by atoms with Crippen LogP contribution in [-0.4, -0.2) is 19.8 Å². The monoisotopic (exact) mass is 285 g/mol. The average Bonchev–Trinajstić information content (AvgIpc) is 2.78. The van der Waals surface area contributed by atoms with E-state index < -0.39 is 0 Å². The fourth-order valence-corrected chi connectivity index (χ4v) is 2.21. The fourth-order valence-electron chi connectivity index (χ4n) is 2.21. The molecule has 4 nitrogen and oxygen atoms in total. The zero-order chi connectivity index (χ0) is 14.5. The summed E-state index contributed by atoms with van der Waals surface area (Å²) in [6.07, 6.45) is 0.896. The number of ether oxygens (including phenoxy) is 3. The average molecular weight is 285 g/mol. The Bertz CT molecular complexity index is 586. The molecule has 1 aliphatic rings. The van der Waals surface area contributed by atoms with Gasteiger partial charge < -0.3 is 19.9 Å². The molecule has 4 heteroatoms. The van der Waals surface area contributed by atoms with E-state index >= 15 is 0 Å². The highest BCUT2D eigenvalue weighted by Crippen LogP contribution is 2.32. The molecule has 21 heavy (non-hydrogen) atoms. The normalized spacial score (nSPS) is 15.1. The summed E-state index contributed by atoms with van der Waals surface area (Å²) in [5, 5.41) is 0. The highest BCUT2D eigenvalue weighted by Gasteiger charge is 2.14. The molecule has 0 bridgehead atoms. The summed E-state index contributed by atoms with van der Waals surface area (Å²) in [5.41, 5.74) is 7.18. The lowest BCUT2D eigenvalue weighted by molar-refractivity contribution is 0.289. The Morgan fingerprint density at radius 1 is 1.00 bits per heavy atom. The van der Waals surface area contributed by atoms with E-state index in [0.29, 0.717) is 19.8 Å². The lowest BCUT2D eigenvalue weighted by Gasteiger charge is -2.15. The molecule has 110 valence electrons. The Balaban J connectivity index is 1.67. The maximum atomic E-state index is 6.19. The Morgan fingerprint density at radius 3 is 2.57 bits per heavy atom. The first-order chi connectivity index (χ1) is 10.3. The fraction of sp³-hybridized carbons (Fsp3) is 0.294. The molecule has 2 aromatic rings. The molecule has 1 aliphatic heterocycles. The Kier molecular flexibility index (Phi) is 4.26. The van der Waals surface area contributed by atoms with Crippen molar-refractivity contribution in [2.45, 2.75) is 12.5 Å². The first-order valence-electron chi connectivity index (χ1n) is 7.16. The van der Waals surface area contributed by atoms with Gasteiger partial charge in [-0.1, -0.05) is 24.3 Å². The molecule has 3 rings (SSSR count). The summed E-state index contributed by atoms with van der Waals surface area (Å²) in [5.74, 6) is 2.37. The SMILES string of the molecule is NC(COc1ccccc1)c1ccc2c(c1)OCCCO2. The van der Waals surface area contributed by atoms with Crippen molar-refractivity contribution >= 4 is 0 Å². The minimum Gasteiger partial charge on any atom is -0.492 e. The molecule has 0 fully saturated rings. The molecular weight excluding hydrogens is 266 g/mol. The van der Waals surface area contributed by atoms with Crippen LogP contribution in [0, 0.1) is 0 Å². The number of benzene rings is 2. The van der Waals surface area contributed by atoms with Gasteiger partial charge in [0.1, 0.15) is 12.4 Å². The van der Waals surface area contributed by atoms with Crippen LogP contribution in [0.1, 0.15) is 18.0 Å². The summed E-state index contributed by atoms with van der Waals surface area (Å²) < 4.78 is 17.0. The molecule has 0 spiro atoms. The second-order valence-electron chi connectivity index (χ2n) is 4.99. The van der Waals surface area contributed by atoms with Gasteiger partial charge in [0.2, 0.25) is 0 Å². The largest absolute Gasteiger partial charge is 0.492 e. The first kappa shape index (κ1) is 13.8. The summed E-state index contributed by atoms with van der Waals surface area (Å²) in [4.78, 5) is 0. The number of hydrogen-bond acceptors (Lipinski definition) is 4. The number of fused-ring (bicyclic) bond motifs is 1. The van der Waals surface area contributed by atoms with E-state index in [1.807, 2.05) is 48.5 Å². The van der Waals surface area contributed by atoms with Crippen LogP contribution in [0.5, 0.6) is 17.2 Å². The predicted molar refractivity (Wildman–Crippen MR) is 80.9 cm³/mol. The molecule has 0 aliphatic carbocycles. The first-order valence-corrected chi connectivity index (χ1v) is 7.16. The second kappa shape index (κ2) is 6.50. The van der Waals surface area contributed by atoms with Crippen LogP contribution in [0.15, 0.2) is 48.5 Å². The maximum Gasteiger partial charge on any atom is 0.161 e. The molecule has 0 radical (unpaired) electrons. The highest BCUT2D eigenvalue weighted by atomic mass is 16.5. The number of rotatable bonds is 4. The molecule has 2 N–H and O–H groups in total. The predicted octanol–water partition coefficient (Wildman–Crippen LogP) is 2.93. The van der Waals surface area contributed by atoms with Crippen molar-refractivity contribution in [2.75, 3.05) is 19.8 Å². The van der Waals surface area contributed by atoms with Crippen molar-refractivity contribution in [3.63, 3.8) is 0 Å². The third-order valence-corrected chi connectivity index (χ3v) is 3.37. The maximum absolute atomic E-state index is 6.19. The Labute approximate surface area is 124 Å². The molecule has 0 saturated carbocycles. The van der Waals surface area contributed by atoms with Crippen molar-refractivity contribution in [1.29, 1.82) is 0 Å². The minimum atomic E-state index is -0.206. The second-order valence-corrected chi connectivity index (χ2v) is 4.99. The minimum absolute atomic E-state index is 0.206. The van der Waals surface area contributed by atoms with E-state index in [2.05, 4.69) is 0 Å². The van der Waals surface area contributed by atoms with Gasteiger partial charge >= 0.3 is 0 Å². The van der Waals surface area contributed by atoms with Gasteiger partial charge in [-0.05, 0) is 29.8 Å². The van der Waals surface area contributed by atoms with E-state index in [1.54, 1.807) is 0 Å². The van der Waals surface area contributed by atoms with Crippen LogP contribution in [0.2, 0.25) is 0 Å². The Morgan fingerprint density at radius 2 is 1.76 bits per heavy atom. The highest BCUT2D eigenvalue weighted by molar-refractivity contribution is 5.44. The molecule has 1 atom stereocenters. The zero-order valence-electron chi connectivity index (χ0n) is 11.8. The molecule has 1 heterocycles. The Hall–Kier alpha value is -2.20. The van der Waals surface area contributed by atoms with Crippen molar-refractivity contribution in [1.82, 2.24) is 0 Å². The lowest BCUT2D eigenvalue weighted by Crippen LogP contribution is -2.19. The third-order valence-electron chi connectivity index (χ3n) is 3.37. The molecule has 0 aromatic heterocycles. The quantitative estimate of drug-likeness (QED) is 0.938. The molecule has 0 saturated heterocycles. The van der Waals surface area contributed by atoms with E-state index in [0.717, 1.165) is 29.2 Å². The number of hydrogen-bond donors (Lipinski definition) is 1. The van der Waals surface area contributed by atoms with Crippen molar-refractivity contribution in [3.05, 3.63) is 54.1 Å². The lowest BCUT2D eigenvalue weighted by atomic mass is 10.1. The van der Waals surface area contributed by atoms with E-state index in [9.17, 15) is 0 Å². The van der Waals surface area contributed by atoms with Crippen LogP contribution in [0.4, 0.5) is 0 Å². The number of para-hydroxylation sites is 1. The smallest absolute Gasteiger partial charge is 0.161 e. The van der Waals surface area contributed by atoms with Gasteiger partial charge in [0.25, 0.3) is 0 Å². The van der Waals surface area contributed by atoms with Gasteiger partial charge in [-0.25, -0.2) is 0 Å². The summed E-state index contributed by atoms with van der Waals surface area (Å²) in [7, 11) is 0. The van der Waals surface area contributed by atoms with Crippen molar-refractivity contribution < 1.29 is 14.2 Å². The number of nitrogens with two attached hydrogens (primary N) is 1. The van der Waals surface area contributed by atoms with Gasteiger partial charge in [0.05, 0.1) is 19.3 Å². The van der Waals surface area contributed by atoms with Crippen LogP contribution >= 0.6 is 0 Å². The topological polar surface area (TPSA) is 53.7 Å². The standard InChI is InChI=1S/C17H19NO3/c18-15(12-21-14-5-2-1-3-6-14)13-7-8-16-17(11-13)20-10-4-9-19-16/h1-3,5-8,11,15H,4,9-10,12,18H2. The summed E-state index contributed by atoms with van der Waals surface area (Å²) in [6.45, 7) is 1.78. The molecule has 2 aromatic carbocycles. The van der Waals surface area contributed by atoms with Gasteiger partial charge in [-0.3, -0.25) is 0 Å². The van der Waals surface area contributed by atoms with E-state index in [4.69, 9.17) is 19.9 Å². The van der Waals surface area contributed by atoms with Gasteiger partial charge in [-0.15, -0.1) is 0 Å². The van der Waals surface area contributed by atoms with E-state index in [1.165, 1.54) is 0 Å². The molecular formula is C17H19NO3. The van der Waals surface area contributed by atoms with Crippen LogP contribution in [0.25, 0.3) is 0 Å². The van der Waals surface area contributed by atoms with E-state index in [-0.39, 0.29) is 6.04 Å². The van der Waals surface area contributed by atoms with Crippen molar-refractivity contribution in [3.8, 4) is 17.2 Å². The van der Waals surface area contributed by atoms with Gasteiger partial charge in [0.15, 0.2) is 11.5 Å². The molecule has 0 amide bonds. The van der Waals surface area contributed by atoms with Gasteiger partial charge in [0, 0.05) is 6.42 Å². The van der Waals surface area contributed by atoms with Crippen molar-refractivity contribution in [2.24, 2.45) is 5.73 Å².